The number of aliphatic hydroxyl groups is 1. The normalized spacial score (nSPS) is 16.3. The Morgan fingerprint density at radius 3 is 2.03 bits per heavy atom. The molecule has 0 unspecified atom stereocenters. The molecular weight excluding hydrogens is 378 g/mol. The van der Waals surface area contributed by atoms with E-state index >= 15 is 0 Å². The number of nitrogens with zero attached hydrogens (tertiary/aromatic N) is 1. The second-order valence-corrected chi connectivity index (χ2v) is 9.00. The summed E-state index contributed by atoms with van der Waals surface area (Å²) >= 11 is 0. The number of methoxy groups -OCH3 is 1. The molecule has 4 atom stereocenters. The lowest BCUT2D eigenvalue weighted by molar-refractivity contribution is -0.146. The zero-order valence-electron chi connectivity index (χ0n) is 19.2. The van der Waals surface area contributed by atoms with E-state index < -0.39 is 47.3 Å². The fourth-order valence-electron chi connectivity index (χ4n) is 3.10. The van der Waals surface area contributed by atoms with Crippen LogP contribution in [0.2, 0.25) is 0 Å². The summed E-state index contributed by atoms with van der Waals surface area (Å²) in [5.41, 5.74) is 3.02. The van der Waals surface area contributed by atoms with Crippen molar-refractivity contribution < 1.29 is 29.0 Å². The van der Waals surface area contributed by atoms with Gasteiger partial charge >= 0.3 is 6.09 Å². The van der Waals surface area contributed by atoms with E-state index in [1.54, 1.807) is 27.8 Å². The van der Waals surface area contributed by atoms with Crippen molar-refractivity contribution in [1.82, 2.24) is 10.2 Å². The largest absolute Gasteiger partial charge is 0.444 e. The molecule has 0 radical (unpaired) electrons. The molecule has 29 heavy (non-hydrogen) atoms. The lowest BCUT2D eigenvalue weighted by atomic mass is 9.89. The van der Waals surface area contributed by atoms with Gasteiger partial charge in [-0.2, -0.15) is 0 Å². The lowest BCUT2D eigenvalue weighted by Gasteiger charge is -2.41. The van der Waals surface area contributed by atoms with Gasteiger partial charge in [-0.05, 0) is 40.5 Å². The topological polar surface area (TPSA) is 131 Å². The Morgan fingerprint density at radius 2 is 1.69 bits per heavy atom. The van der Waals surface area contributed by atoms with Crippen LogP contribution < -0.4 is 11.1 Å². The smallest absolute Gasteiger partial charge is 0.408 e. The summed E-state index contributed by atoms with van der Waals surface area (Å²) in [6.45, 7) is 11.8. The number of hydrogen-bond acceptors (Lipinski definition) is 6. The van der Waals surface area contributed by atoms with Crippen molar-refractivity contribution in [2.45, 2.75) is 90.7 Å². The molecule has 0 heterocycles. The fraction of sp³-hybridized carbons (Fsp3) is 0.850. The summed E-state index contributed by atoms with van der Waals surface area (Å²) in [6.07, 6.45) is -0.782. The molecule has 0 aliphatic rings. The van der Waals surface area contributed by atoms with Crippen LogP contribution in [0, 0.1) is 5.92 Å². The first kappa shape index (κ1) is 27.1. The second kappa shape index (κ2) is 10.8. The predicted molar refractivity (Wildman–Crippen MR) is 110 cm³/mol. The van der Waals surface area contributed by atoms with E-state index in [0.717, 1.165) is 0 Å². The molecule has 0 bridgehead atoms. The molecule has 0 spiro atoms. The number of nitrogens with one attached hydrogen (secondary N) is 1. The Labute approximate surface area is 174 Å². The first-order valence-corrected chi connectivity index (χ1v) is 9.84. The first-order chi connectivity index (χ1) is 13.0. The molecule has 0 fully saturated rings. The average molecular weight is 418 g/mol. The van der Waals surface area contributed by atoms with Gasteiger partial charge in [-0.3, -0.25) is 9.59 Å². The van der Waals surface area contributed by atoms with Gasteiger partial charge in [0.05, 0.1) is 24.2 Å². The summed E-state index contributed by atoms with van der Waals surface area (Å²) in [4.78, 5) is 38.4. The van der Waals surface area contributed by atoms with Crippen LogP contribution in [-0.4, -0.2) is 71.5 Å². The number of hydrogen-bond donors (Lipinski definition) is 3. The molecule has 0 saturated heterocycles. The molecule has 0 aliphatic heterocycles. The van der Waals surface area contributed by atoms with E-state index in [0.29, 0.717) is 6.42 Å². The van der Waals surface area contributed by atoms with E-state index in [9.17, 15) is 19.5 Å². The van der Waals surface area contributed by atoms with Crippen LogP contribution in [0.5, 0.6) is 0 Å². The van der Waals surface area contributed by atoms with Crippen LogP contribution >= 0.6 is 0 Å². The Balaban J connectivity index is 5.81. The maximum atomic E-state index is 13.3. The highest BCUT2D eigenvalue weighted by atomic mass is 16.6. The quantitative estimate of drug-likeness (QED) is 0.492. The molecule has 3 amide bonds. The fourth-order valence-corrected chi connectivity index (χ4v) is 3.10. The van der Waals surface area contributed by atoms with Gasteiger partial charge in [-0.25, -0.2) is 4.79 Å². The van der Waals surface area contributed by atoms with Crippen molar-refractivity contribution in [2.24, 2.45) is 11.7 Å². The third-order valence-electron chi connectivity index (χ3n) is 4.72. The van der Waals surface area contributed by atoms with Crippen LogP contribution in [0.25, 0.3) is 0 Å². The average Bonchev–Trinajstić information content (AvgIpc) is 2.54. The molecule has 170 valence electrons. The van der Waals surface area contributed by atoms with Crippen molar-refractivity contribution >= 4 is 17.9 Å². The van der Waals surface area contributed by atoms with Crippen LogP contribution in [0.4, 0.5) is 4.79 Å². The predicted octanol–water partition coefficient (Wildman–Crippen LogP) is 1.41. The summed E-state index contributed by atoms with van der Waals surface area (Å²) in [5, 5.41) is 13.0. The zero-order valence-corrected chi connectivity index (χ0v) is 19.2. The number of primary amides is 1. The highest BCUT2D eigenvalue weighted by molar-refractivity contribution is 5.87. The molecule has 0 rings (SSSR count). The van der Waals surface area contributed by atoms with Crippen LogP contribution in [-0.2, 0) is 19.1 Å². The van der Waals surface area contributed by atoms with Crippen molar-refractivity contribution in [1.29, 1.82) is 0 Å². The third kappa shape index (κ3) is 8.99. The van der Waals surface area contributed by atoms with E-state index in [4.69, 9.17) is 15.2 Å². The van der Waals surface area contributed by atoms with Gasteiger partial charge < -0.3 is 30.5 Å². The molecular formula is C20H39N3O6. The van der Waals surface area contributed by atoms with Crippen molar-refractivity contribution in [2.75, 3.05) is 14.2 Å². The molecule has 9 nitrogen and oxygen atoms in total. The van der Waals surface area contributed by atoms with Crippen molar-refractivity contribution in [3.8, 4) is 0 Å². The van der Waals surface area contributed by atoms with Gasteiger partial charge in [0, 0.05) is 14.2 Å². The SMILES string of the molecule is CC[C@H](C)[C@@H]([C@@H](CC(N)=O)OC)N(C)C(=O)[C@@H](NC(=O)OC(C)(C)C)C(C)(C)O. The maximum absolute atomic E-state index is 13.3. The monoisotopic (exact) mass is 417 g/mol. The number of ether oxygens (including phenoxy) is 2. The molecule has 0 saturated carbocycles. The van der Waals surface area contributed by atoms with Gasteiger partial charge in [-0.15, -0.1) is 0 Å². The Bertz CT molecular complexity index is 568. The summed E-state index contributed by atoms with van der Waals surface area (Å²) in [6, 6.07) is -1.75. The molecule has 0 aromatic rings. The van der Waals surface area contributed by atoms with E-state index in [1.165, 1.54) is 25.9 Å². The highest BCUT2D eigenvalue weighted by Crippen LogP contribution is 2.24. The number of likely N-dealkylation sites (N-methyl/N-ethyl adjacent to an activating group) is 1. The summed E-state index contributed by atoms with van der Waals surface area (Å²) in [5.74, 6) is -1.10. The van der Waals surface area contributed by atoms with Gasteiger partial charge in [0.25, 0.3) is 0 Å². The number of carbonyl (C=O) groups excluding carboxylic acids is 3. The Kier molecular flexibility index (Phi) is 10.1. The molecule has 4 N–H and O–H groups in total. The second-order valence-electron chi connectivity index (χ2n) is 9.00. The minimum Gasteiger partial charge on any atom is -0.444 e. The third-order valence-corrected chi connectivity index (χ3v) is 4.72. The van der Waals surface area contributed by atoms with Crippen LogP contribution in [0.15, 0.2) is 0 Å². The highest BCUT2D eigenvalue weighted by Gasteiger charge is 2.42. The minimum absolute atomic E-state index is 0.0303. The van der Waals surface area contributed by atoms with E-state index in [2.05, 4.69) is 5.32 Å². The summed E-state index contributed by atoms with van der Waals surface area (Å²) < 4.78 is 10.7. The van der Waals surface area contributed by atoms with Crippen LogP contribution in [0.3, 0.4) is 0 Å². The van der Waals surface area contributed by atoms with E-state index in [1.807, 2.05) is 13.8 Å². The Morgan fingerprint density at radius 1 is 1.17 bits per heavy atom. The first-order valence-electron chi connectivity index (χ1n) is 9.84. The number of alkyl carbamates (subject to hydrolysis) is 1. The number of carbonyl (C=O) groups is 3. The number of rotatable bonds is 10. The van der Waals surface area contributed by atoms with Gasteiger partial charge in [0.15, 0.2) is 0 Å². The van der Waals surface area contributed by atoms with Gasteiger partial charge in [0.2, 0.25) is 11.8 Å². The minimum atomic E-state index is -1.56. The van der Waals surface area contributed by atoms with Crippen molar-refractivity contribution in [3.63, 3.8) is 0 Å². The maximum Gasteiger partial charge on any atom is 0.408 e. The zero-order chi connectivity index (χ0) is 23.2. The van der Waals surface area contributed by atoms with Crippen molar-refractivity contribution in [3.05, 3.63) is 0 Å². The molecule has 0 aliphatic carbocycles. The van der Waals surface area contributed by atoms with Gasteiger partial charge in [-0.1, -0.05) is 20.3 Å². The number of nitrogens with two attached hydrogens (primary N) is 1. The molecule has 9 heteroatoms. The van der Waals surface area contributed by atoms with E-state index in [-0.39, 0.29) is 12.3 Å². The van der Waals surface area contributed by atoms with Gasteiger partial charge in [0.1, 0.15) is 11.6 Å². The standard InChI is InChI=1S/C20H39N3O6/c1-10-12(2)15(13(28-9)11-14(21)24)23(8)17(25)16(20(6,7)27)22-18(26)29-19(3,4)5/h12-13,15-16,27H,10-11H2,1-9H3,(H2,21,24)(H,22,26)/t12-,13+,15-,16+/m0/s1. The summed E-state index contributed by atoms with van der Waals surface area (Å²) in [7, 11) is 3.01. The Hall–Kier alpha value is -1.87. The molecule has 0 aromatic carbocycles. The number of amides is 3. The van der Waals surface area contributed by atoms with Crippen LogP contribution in [0.1, 0.15) is 61.3 Å². The molecule has 0 aromatic heterocycles. The lowest BCUT2D eigenvalue weighted by Crippen LogP contribution is -2.62.